The second-order valence-electron chi connectivity index (χ2n) is 5.69. The van der Waals surface area contributed by atoms with Crippen molar-refractivity contribution in [1.29, 1.82) is 0 Å². The Morgan fingerprint density at radius 3 is 2.71 bits per heavy atom. The summed E-state index contributed by atoms with van der Waals surface area (Å²) < 4.78 is 0. The van der Waals surface area contributed by atoms with Gasteiger partial charge in [-0.2, -0.15) is 0 Å². The van der Waals surface area contributed by atoms with Gasteiger partial charge in [0.15, 0.2) is 0 Å². The van der Waals surface area contributed by atoms with Crippen LogP contribution in [-0.4, -0.2) is 25.5 Å². The molecule has 0 aromatic heterocycles. The molecule has 1 heterocycles. The van der Waals surface area contributed by atoms with Gasteiger partial charge < -0.3 is 10.6 Å². The van der Waals surface area contributed by atoms with Crippen molar-refractivity contribution in [2.45, 2.75) is 18.8 Å². The van der Waals surface area contributed by atoms with Gasteiger partial charge in [-0.15, -0.1) is 0 Å². The van der Waals surface area contributed by atoms with Crippen molar-refractivity contribution in [3.8, 4) is 0 Å². The van der Waals surface area contributed by atoms with Crippen LogP contribution < -0.4 is 10.6 Å². The fourth-order valence-electron chi connectivity index (χ4n) is 2.80. The quantitative estimate of drug-likeness (QED) is 0.835. The number of benzene rings is 1. The molecule has 0 bridgehead atoms. The molecule has 2 atom stereocenters. The van der Waals surface area contributed by atoms with Crippen LogP contribution in [0.4, 0.5) is 0 Å². The number of hydrogen-bond donors (Lipinski definition) is 2. The summed E-state index contributed by atoms with van der Waals surface area (Å²) in [5, 5.41) is 7.56. The van der Waals surface area contributed by atoms with Crippen LogP contribution >= 0.6 is 23.2 Å². The van der Waals surface area contributed by atoms with E-state index in [2.05, 4.69) is 16.7 Å². The van der Waals surface area contributed by atoms with Crippen LogP contribution in [0, 0.1) is 5.92 Å². The van der Waals surface area contributed by atoms with Crippen LogP contribution in [0.15, 0.2) is 29.8 Å². The number of hydrogen-bond acceptors (Lipinski definition) is 2. The lowest BCUT2D eigenvalue weighted by Crippen LogP contribution is -2.30. The zero-order chi connectivity index (χ0) is 14.8. The molecule has 112 valence electrons. The van der Waals surface area contributed by atoms with E-state index in [-0.39, 0.29) is 17.7 Å². The molecule has 1 amide bonds. The van der Waals surface area contributed by atoms with E-state index in [1.54, 1.807) is 6.07 Å². The summed E-state index contributed by atoms with van der Waals surface area (Å²) in [5.41, 5.74) is 2.37. The van der Waals surface area contributed by atoms with Crippen molar-refractivity contribution in [3.63, 3.8) is 0 Å². The highest BCUT2D eigenvalue weighted by Crippen LogP contribution is 2.48. The molecule has 1 fully saturated rings. The predicted octanol–water partition coefficient (Wildman–Crippen LogP) is 3.13. The number of carbonyl (C=O) groups excluding carboxylic acids is 1. The Labute approximate surface area is 134 Å². The predicted molar refractivity (Wildman–Crippen MR) is 85.9 cm³/mol. The number of amides is 1. The third-order valence-electron chi connectivity index (χ3n) is 4.09. The minimum atomic E-state index is 0.0573. The smallest absolute Gasteiger partial charge is 0.224 e. The van der Waals surface area contributed by atoms with Crippen molar-refractivity contribution in [2.75, 3.05) is 19.6 Å². The van der Waals surface area contributed by atoms with Gasteiger partial charge in [-0.3, -0.25) is 4.79 Å². The van der Waals surface area contributed by atoms with Crippen LogP contribution in [-0.2, 0) is 4.79 Å². The second-order valence-corrected chi connectivity index (χ2v) is 6.56. The number of carbonyl (C=O) groups is 1. The summed E-state index contributed by atoms with van der Waals surface area (Å²) in [4.78, 5) is 12.2. The van der Waals surface area contributed by atoms with Gasteiger partial charge in [-0.05, 0) is 49.1 Å². The average Bonchev–Trinajstić information content (AvgIpc) is 3.25. The summed E-state index contributed by atoms with van der Waals surface area (Å²) >= 11 is 12.0. The van der Waals surface area contributed by atoms with Gasteiger partial charge in [-0.25, -0.2) is 0 Å². The fraction of sp³-hybridized carbons (Fsp3) is 0.438. The molecule has 1 aromatic carbocycles. The highest BCUT2D eigenvalue weighted by molar-refractivity contribution is 6.34. The minimum absolute atomic E-state index is 0.0573. The molecule has 0 spiro atoms. The molecule has 3 rings (SSSR count). The van der Waals surface area contributed by atoms with Crippen LogP contribution in [0.1, 0.15) is 24.3 Å². The molecule has 1 aromatic rings. The van der Waals surface area contributed by atoms with E-state index >= 15 is 0 Å². The van der Waals surface area contributed by atoms with E-state index in [4.69, 9.17) is 23.2 Å². The lowest BCUT2D eigenvalue weighted by molar-refractivity contribution is -0.122. The van der Waals surface area contributed by atoms with Crippen molar-refractivity contribution >= 4 is 29.1 Å². The molecule has 2 N–H and O–H groups in total. The van der Waals surface area contributed by atoms with Crippen molar-refractivity contribution in [1.82, 2.24) is 10.6 Å². The van der Waals surface area contributed by atoms with Crippen molar-refractivity contribution < 1.29 is 4.79 Å². The average molecular weight is 325 g/mol. The Morgan fingerprint density at radius 1 is 1.29 bits per heavy atom. The van der Waals surface area contributed by atoms with Gasteiger partial charge in [0.25, 0.3) is 0 Å². The van der Waals surface area contributed by atoms with Gasteiger partial charge in [0.05, 0.1) is 0 Å². The third kappa shape index (κ3) is 3.79. The zero-order valence-electron chi connectivity index (χ0n) is 11.7. The largest absolute Gasteiger partial charge is 0.352 e. The van der Waals surface area contributed by atoms with Crippen LogP contribution in [0.25, 0.3) is 0 Å². The van der Waals surface area contributed by atoms with Gasteiger partial charge in [0.1, 0.15) is 0 Å². The van der Waals surface area contributed by atoms with Gasteiger partial charge in [-0.1, -0.05) is 34.9 Å². The number of halogens is 2. The molecular formula is C16H18Cl2N2O. The molecule has 3 nitrogen and oxygen atoms in total. The monoisotopic (exact) mass is 324 g/mol. The summed E-state index contributed by atoms with van der Waals surface area (Å²) in [6, 6.07) is 5.52. The highest BCUT2D eigenvalue weighted by Gasteiger charge is 2.44. The standard InChI is InChI=1S/C16H18Cl2N2O/c17-12-5-11(6-13(18)7-12)14-8-15(14)16(21)20-9-10-1-3-19-4-2-10/h1,5-7,14-15,19H,2-4,8-9H2,(H,20,21). The van der Waals surface area contributed by atoms with Crippen LogP contribution in [0.5, 0.6) is 0 Å². The van der Waals surface area contributed by atoms with E-state index in [1.165, 1.54) is 5.57 Å². The summed E-state index contributed by atoms with van der Waals surface area (Å²) in [7, 11) is 0. The molecule has 1 aliphatic heterocycles. The molecule has 1 aliphatic carbocycles. The normalized spacial score (nSPS) is 24.4. The molecule has 2 unspecified atom stereocenters. The van der Waals surface area contributed by atoms with Crippen LogP contribution in [0.3, 0.4) is 0 Å². The Balaban J connectivity index is 1.54. The second kappa shape index (κ2) is 6.39. The summed E-state index contributed by atoms with van der Waals surface area (Å²) in [5.74, 6) is 0.445. The SMILES string of the molecule is O=C(NCC1=CCNCC1)C1CC1c1cc(Cl)cc(Cl)c1. The molecule has 5 heteroatoms. The van der Waals surface area contributed by atoms with Crippen LogP contribution in [0.2, 0.25) is 10.0 Å². The molecule has 21 heavy (non-hydrogen) atoms. The summed E-state index contributed by atoms with van der Waals surface area (Å²) in [6.45, 7) is 2.56. The third-order valence-corrected chi connectivity index (χ3v) is 4.52. The van der Waals surface area contributed by atoms with E-state index in [1.807, 2.05) is 12.1 Å². The minimum Gasteiger partial charge on any atom is -0.352 e. The first-order valence-electron chi connectivity index (χ1n) is 7.26. The molecule has 0 saturated heterocycles. The Morgan fingerprint density at radius 2 is 2.05 bits per heavy atom. The number of nitrogens with one attached hydrogen (secondary N) is 2. The molecule has 0 radical (unpaired) electrons. The topological polar surface area (TPSA) is 41.1 Å². The van der Waals surface area contributed by atoms with Gasteiger partial charge >= 0.3 is 0 Å². The molecule has 2 aliphatic rings. The van der Waals surface area contributed by atoms with Gasteiger partial charge in [0, 0.05) is 29.1 Å². The first-order chi connectivity index (χ1) is 10.1. The van der Waals surface area contributed by atoms with E-state index in [0.29, 0.717) is 16.6 Å². The highest BCUT2D eigenvalue weighted by atomic mass is 35.5. The molecular weight excluding hydrogens is 307 g/mol. The summed E-state index contributed by atoms with van der Waals surface area (Å²) in [6.07, 6.45) is 4.05. The van der Waals surface area contributed by atoms with E-state index in [0.717, 1.165) is 31.5 Å². The molecule has 1 saturated carbocycles. The first kappa shape index (κ1) is 14.9. The van der Waals surface area contributed by atoms with E-state index < -0.39 is 0 Å². The van der Waals surface area contributed by atoms with Crippen molar-refractivity contribution in [3.05, 3.63) is 45.5 Å². The van der Waals surface area contributed by atoms with E-state index in [9.17, 15) is 4.79 Å². The first-order valence-corrected chi connectivity index (χ1v) is 8.01. The maximum absolute atomic E-state index is 12.2. The Hall–Kier alpha value is -1.03. The maximum Gasteiger partial charge on any atom is 0.224 e. The lowest BCUT2D eigenvalue weighted by atomic mass is 10.1. The lowest BCUT2D eigenvalue weighted by Gasteiger charge is -2.14. The number of rotatable bonds is 4. The fourth-order valence-corrected chi connectivity index (χ4v) is 3.35. The maximum atomic E-state index is 12.2. The Bertz CT molecular complexity index is 565. The Kier molecular flexibility index (Phi) is 4.53. The zero-order valence-corrected chi connectivity index (χ0v) is 13.2. The van der Waals surface area contributed by atoms with Gasteiger partial charge in [0.2, 0.25) is 5.91 Å². The van der Waals surface area contributed by atoms with Crippen molar-refractivity contribution in [2.24, 2.45) is 5.92 Å².